The van der Waals surface area contributed by atoms with Gasteiger partial charge in [-0.25, -0.2) is 4.98 Å². The molecule has 0 saturated heterocycles. The predicted molar refractivity (Wildman–Crippen MR) is 91.8 cm³/mol. The standard InChI is InChI=1S/C17H16N4OS/c1-12(2)21(15-5-3-4-13(8-15)10-18)11-14-9-16(22)20-6-7-23-17(20)19-14/h3-9,12H,11H2,1-2H3. The van der Waals surface area contributed by atoms with Crippen LogP contribution in [0.15, 0.2) is 46.7 Å². The molecule has 0 N–H and O–H groups in total. The van der Waals surface area contributed by atoms with E-state index in [4.69, 9.17) is 5.26 Å². The van der Waals surface area contributed by atoms with E-state index >= 15 is 0 Å². The van der Waals surface area contributed by atoms with E-state index in [1.165, 1.54) is 11.3 Å². The summed E-state index contributed by atoms with van der Waals surface area (Å²) in [4.78, 5) is 19.5. The summed E-state index contributed by atoms with van der Waals surface area (Å²) in [6, 6.07) is 11.4. The van der Waals surface area contributed by atoms with Crippen LogP contribution in [0.25, 0.3) is 4.96 Å². The number of aromatic nitrogens is 2. The minimum atomic E-state index is -0.0688. The second-order valence-corrected chi connectivity index (χ2v) is 6.40. The molecule has 0 aliphatic heterocycles. The zero-order chi connectivity index (χ0) is 16.4. The van der Waals surface area contributed by atoms with Crippen molar-refractivity contribution in [2.45, 2.75) is 26.4 Å². The van der Waals surface area contributed by atoms with Gasteiger partial charge in [-0.1, -0.05) is 6.07 Å². The van der Waals surface area contributed by atoms with Crippen molar-refractivity contribution in [2.75, 3.05) is 4.90 Å². The molecule has 2 heterocycles. The highest BCUT2D eigenvalue weighted by Gasteiger charge is 2.14. The minimum absolute atomic E-state index is 0.0688. The van der Waals surface area contributed by atoms with Gasteiger partial charge in [0.15, 0.2) is 4.96 Å². The van der Waals surface area contributed by atoms with Crippen molar-refractivity contribution in [2.24, 2.45) is 0 Å². The van der Waals surface area contributed by atoms with Crippen molar-refractivity contribution in [1.82, 2.24) is 9.38 Å². The highest BCUT2D eigenvalue weighted by atomic mass is 32.1. The van der Waals surface area contributed by atoms with Gasteiger partial charge in [-0.3, -0.25) is 9.20 Å². The van der Waals surface area contributed by atoms with Crippen LogP contribution >= 0.6 is 11.3 Å². The summed E-state index contributed by atoms with van der Waals surface area (Å²) in [5.74, 6) is 0. The molecule has 3 aromatic rings. The van der Waals surface area contributed by atoms with Gasteiger partial charge < -0.3 is 4.90 Å². The molecular weight excluding hydrogens is 308 g/mol. The van der Waals surface area contributed by atoms with Gasteiger partial charge in [0, 0.05) is 29.4 Å². The topological polar surface area (TPSA) is 61.4 Å². The fourth-order valence-electron chi connectivity index (χ4n) is 2.47. The van der Waals surface area contributed by atoms with Gasteiger partial charge >= 0.3 is 0 Å². The molecule has 3 rings (SSSR count). The van der Waals surface area contributed by atoms with E-state index < -0.39 is 0 Å². The molecule has 0 bridgehead atoms. The molecule has 0 unspecified atom stereocenters. The fourth-order valence-corrected chi connectivity index (χ4v) is 3.21. The molecule has 6 heteroatoms. The first-order valence-electron chi connectivity index (χ1n) is 7.31. The van der Waals surface area contributed by atoms with Crippen LogP contribution < -0.4 is 10.5 Å². The maximum absolute atomic E-state index is 12.1. The van der Waals surface area contributed by atoms with E-state index in [1.54, 1.807) is 22.7 Å². The SMILES string of the molecule is CC(C)N(Cc1cc(=O)n2ccsc2n1)c1cccc(C#N)c1. The highest BCUT2D eigenvalue weighted by Crippen LogP contribution is 2.21. The van der Waals surface area contributed by atoms with E-state index in [2.05, 4.69) is 29.8 Å². The van der Waals surface area contributed by atoms with Gasteiger partial charge in [-0.15, -0.1) is 11.3 Å². The molecular formula is C17H16N4OS. The molecule has 0 aliphatic carbocycles. The van der Waals surface area contributed by atoms with Crippen molar-refractivity contribution in [3.05, 3.63) is 63.5 Å². The van der Waals surface area contributed by atoms with E-state index in [0.29, 0.717) is 17.1 Å². The Kier molecular flexibility index (Phi) is 4.13. The quantitative estimate of drug-likeness (QED) is 0.740. The second-order valence-electron chi connectivity index (χ2n) is 5.53. The summed E-state index contributed by atoms with van der Waals surface area (Å²) >= 11 is 1.44. The lowest BCUT2D eigenvalue weighted by molar-refractivity contribution is 0.673. The van der Waals surface area contributed by atoms with Crippen LogP contribution in [0.2, 0.25) is 0 Å². The fraction of sp³-hybridized carbons (Fsp3) is 0.235. The molecule has 116 valence electrons. The monoisotopic (exact) mass is 324 g/mol. The number of nitrogens with zero attached hydrogens (tertiary/aromatic N) is 4. The summed E-state index contributed by atoms with van der Waals surface area (Å²) in [7, 11) is 0. The molecule has 1 aromatic carbocycles. The molecule has 23 heavy (non-hydrogen) atoms. The lowest BCUT2D eigenvalue weighted by Gasteiger charge is -2.28. The summed E-state index contributed by atoms with van der Waals surface area (Å²) < 4.78 is 1.55. The van der Waals surface area contributed by atoms with Gasteiger partial charge in [-0.05, 0) is 32.0 Å². The van der Waals surface area contributed by atoms with Crippen molar-refractivity contribution in [3.8, 4) is 6.07 Å². The lowest BCUT2D eigenvalue weighted by atomic mass is 10.1. The largest absolute Gasteiger partial charge is 0.363 e. The molecule has 0 amide bonds. The Hall–Kier alpha value is -2.65. The van der Waals surface area contributed by atoms with E-state index in [-0.39, 0.29) is 11.6 Å². The summed E-state index contributed by atoms with van der Waals surface area (Å²) in [6.07, 6.45) is 1.73. The number of anilines is 1. The third kappa shape index (κ3) is 3.10. The molecule has 0 saturated carbocycles. The van der Waals surface area contributed by atoms with Crippen LogP contribution in [0.1, 0.15) is 25.1 Å². The number of nitriles is 1. The highest BCUT2D eigenvalue weighted by molar-refractivity contribution is 7.15. The Morgan fingerprint density at radius 3 is 2.96 bits per heavy atom. The number of thiazole rings is 1. The third-order valence-electron chi connectivity index (χ3n) is 3.62. The van der Waals surface area contributed by atoms with Gasteiger partial charge in [0.25, 0.3) is 5.56 Å². The van der Waals surface area contributed by atoms with E-state index in [1.807, 2.05) is 23.6 Å². The number of rotatable bonds is 4. The smallest absolute Gasteiger partial charge is 0.258 e. The Balaban J connectivity index is 1.98. The van der Waals surface area contributed by atoms with Crippen LogP contribution in [0.4, 0.5) is 5.69 Å². The van der Waals surface area contributed by atoms with E-state index in [0.717, 1.165) is 11.4 Å². The number of fused-ring (bicyclic) bond motifs is 1. The van der Waals surface area contributed by atoms with Crippen LogP contribution in [0, 0.1) is 11.3 Å². The van der Waals surface area contributed by atoms with Crippen LogP contribution in [-0.4, -0.2) is 15.4 Å². The average Bonchev–Trinajstić information content (AvgIpc) is 3.01. The molecule has 0 aliphatic rings. The third-order valence-corrected chi connectivity index (χ3v) is 4.38. The summed E-state index contributed by atoms with van der Waals surface area (Å²) in [5, 5.41) is 10.9. The van der Waals surface area contributed by atoms with Gasteiger partial charge in [-0.2, -0.15) is 5.26 Å². The normalized spacial score (nSPS) is 10.9. The van der Waals surface area contributed by atoms with Crippen LogP contribution in [-0.2, 0) is 6.54 Å². The zero-order valence-corrected chi connectivity index (χ0v) is 13.7. The Labute approximate surface area is 138 Å². The Morgan fingerprint density at radius 2 is 2.22 bits per heavy atom. The van der Waals surface area contributed by atoms with Gasteiger partial charge in [0.05, 0.1) is 23.9 Å². The lowest BCUT2D eigenvalue weighted by Crippen LogP contribution is -2.31. The van der Waals surface area contributed by atoms with Crippen molar-refractivity contribution < 1.29 is 0 Å². The van der Waals surface area contributed by atoms with Crippen molar-refractivity contribution in [3.63, 3.8) is 0 Å². The molecule has 2 aromatic heterocycles. The minimum Gasteiger partial charge on any atom is -0.363 e. The summed E-state index contributed by atoms with van der Waals surface area (Å²) in [5.41, 5.74) is 2.23. The summed E-state index contributed by atoms with van der Waals surface area (Å²) in [6.45, 7) is 4.68. The zero-order valence-electron chi connectivity index (χ0n) is 12.9. The molecule has 0 atom stereocenters. The Bertz CT molecular complexity index is 935. The first-order chi connectivity index (χ1) is 11.1. The average molecular weight is 324 g/mol. The number of hydrogen-bond donors (Lipinski definition) is 0. The molecule has 5 nitrogen and oxygen atoms in total. The Morgan fingerprint density at radius 1 is 1.39 bits per heavy atom. The first kappa shape index (κ1) is 15.3. The number of benzene rings is 1. The van der Waals surface area contributed by atoms with Crippen LogP contribution in [0.3, 0.4) is 0 Å². The first-order valence-corrected chi connectivity index (χ1v) is 8.19. The van der Waals surface area contributed by atoms with Gasteiger partial charge in [0.1, 0.15) is 0 Å². The molecule has 0 radical (unpaired) electrons. The maximum Gasteiger partial charge on any atom is 0.258 e. The van der Waals surface area contributed by atoms with Crippen molar-refractivity contribution in [1.29, 1.82) is 5.26 Å². The van der Waals surface area contributed by atoms with Crippen molar-refractivity contribution >= 4 is 22.0 Å². The van der Waals surface area contributed by atoms with Crippen LogP contribution in [0.5, 0.6) is 0 Å². The maximum atomic E-state index is 12.1. The second kappa shape index (κ2) is 6.23. The predicted octanol–water partition coefficient (Wildman–Crippen LogP) is 3.04. The molecule has 0 spiro atoms. The number of hydrogen-bond acceptors (Lipinski definition) is 5. The molecule has 0 fully saturated rings. The van der Waals surface area contributed by atoms with Gasteiger partial charge in [0.2, 0.25) is 0 Å². The van der Waals surface area contributed by atoms with E-state index in [9.17, 15) is 4.79 Å².